The van der Waals surface area contributed by atoms with Crippen molar-refractivity contribution in [2.75, 3.05) is 6.61 Å². The maximum atomic E-state index is 13.7. The molecule has 218 valence electrons. The molecule has 2 N–H and O–H groups in total. The Morgan fingerprint density at radius 1 is 0.878 bits per heavy atom. The van der Waals surface area contributed by atoms with Gasteiger partial charge in [0, 0.05) is 6.42 Å². The average molecular weight is 558 g/mol. The molecule has 3 aromatic carbocycles. The Hall–Kier alpha value is -3.19. The van der Waals surface area contributed by atoms with Crippen molar-refractivity contribution >= 4 is 6.09 Å². The predicted octanol–water partition coefficient (Wildman–Crippen LogP) is 5.45. The Morgan fingerprint density at radius 3 is 1.90 bits per heavy atom. The minimum Gasteiger partial charge on any atom is -0.444 e. The van der Waals surface area contributed by atoms with Crippen LogP contribution < -0.4 is 0 Å². The molecular formula is C35H43NO5. The fourth-order valence-electron chi connectivity index (χ4n) is 6.77. The molecule has 1 amide bonds. The lowest BCUT2D eigenvalue weighted by Crippen LogP contribution is -2.60. The lowest BCUT2D eigenvalue weighted by Gasteiger charge is -2.49. The highest BCUT2D eigenvalue weighted by Crippen LogP contribution is 2.45. The van der Waals surface area contributed by atoms with E-state index in [0.717, 1.165) is 17.5 Å². The molecule has 5 rings (SSSR count). The van der Waals surface area contributed by atoms with Crippen molar-refractivity contribution in [2.45, 2.75) is 82.5 Å². The van der Waals surface area contributed by atoms with Crippen LogP contribution in [0.3, 0.4) is 0 Å². The number of fused-ring (bicyclic) bond motifs is 1. The van der Waals surface area contributed by atoms with Gasteiger partial charge in [0.25, 0.3) is 0 Å². The molecular weight excluding hydrogens is 514 g/mol. The first-order valence-corrected chi connectivity index (χ1v) is 14.8. The van der Waals surface area contributed by atoms with Gasteiger partial charge in [0.05, 0.1) is 37.0 Å². The summed E-state index contributed by atoms with van der Waals surface area (Å²) in [5.74, 6) is -0.115. The van der Waals surface area contributed by atoms with Gasteiger partial charge in [-0.3, -0.25) is 4.90 Å². The summed E-state index contributed by atoms with van der Waals surface area (Å²) in [6.07, 6.45) is 0.475. The van der Waals surface area contributed by atoms with E-state index in [4.69, 9.17) is 9.47 Å². The first-order chi connectivity index (χ1) is 19.7. The van der Waals surface area contributed by atoms with E-state index >= 15 is 0 Å². The standard InChI is InChI=1S/C35H43NO5/c1-35(2,3)41-34(39)36-27(23-37)22-31-32(36)28(19-24-13-7-4-8-14-24)29(20-25-15-9-5-10-16-25)33(40-31)30(38)21-26-17-11-6-12-18-26/h4-18,27-33,37-38H,19-23H2,1-3H3/t27-,28-,29+,30?,31+,32-,33+/m0/s1. The Morgan fingerprint density at radius 2 is 1.39 bits per heavy atom. The van der Waals surface area contributed by atoms with E-state index in [1.165, 1.54) is 5.56 Å². The predicted molar refractivity (Wildman–Crippen MR) is 159 cm³/mol. The SMILES string of the molecule is CC(C)(C)OC(=O)N1[C@H](CO)C[C@H]2O[C@@H](C(O)Cc3ccccc3)[C@H](Cc3ccccc3)[C@H](Cc3ccccc3)[C@@H]21. The molecule has 1 unspecified atom stereocenters. The molecule has 0 spiro atoms. The number of carbonyl (C=O) groups is 1. The zero-order chi connectivity index (χ0) is 29.0. The van der Waals surface area contributed by atoms with E-state index in [9.17, 15) is 15.0 Å². The zero-order valence-corrected chi connectivity index (χ0v) is 24.3. The van der Waals surface area contributed by atoms with Gasteiger partial charge >= 0.3 is 6.09 Å². The molecule has 7 atom stereocenters. The number of amides is 1. The maximum absolute atomic E-state index is 13.7. The van der Waals surface area contributed by atoms with E-state index in [1.54, 1.807) is 4.90 Å². The fourth-order valence-corrected chi connectivity index (χ4v) is 6.77. The number of ether oxygens (including phenoxy) is 2. The molecule has 0 bridgehead atoms. The largest absolute Gasteiger partial charge is 0.444 e. The average Bonchev–Trinajstić information content (AvgIpc) is 3.34. The van der Waals surface area contributed by atoms with Gasteiger partial charge in [-0.2, -0.15) is 0 Å². The van der Waals surface area contributed by atoms with Crippen LogP contribution in [0.1, 0.15) is 43.9 Å². The lowest BCUT2D eigenvalue weighted by atomic mass is 9.70. The number of rotatable bonds is 8. The fraction of sp³-hybridized carbons (Fsp3) is 0.457. The number of aliphatic hydroxyl groups excluding tert-OH is 2. The van der Waals surface area contributed by atoms with Gasteiger partial charge in [-0.1, -0.05) is 91.0 Å². The topological polar surface area (TPSA) is 79.2 Å². The maximum Gasteiger partial charge on any atom is 0.410 e. The molecule has 2 aliphatic heterocycles. The van der Waals surface area contributed by atoms with Crippen molar-refractivity contribution in [1.29, 1.82) is 0 Å². The van der Waals surface area contributed by atoms with Gasteiger partial charge in [-0.25, -0.2) is 4.79 Å². The summed E-state index contributed by atoms with van der Waals surface area (Å²) in [4.78, 5) is 15.4. The molecule has 6 heteroatoms. The van der Waals surface area contributed by atoms with Crippen molar-refractivity contribution in [1.82, 2.24) is 4.90 Å². The van der Waals surface area contributed by atoms with Gasteiger partial charge in [0.15, 0.2) is 0 Å². The van der Waals surface area contributed by atoms with Crippen molar-refractivity contribution in [2.24, 2.45) is 11.8 Å². The summed E-state index contributed by atoms with van der Waals surface area (Å²) < 4.78 is 12.7. The normalized spacial score (nSPS) is 26.8. The molecule has 2 aliphatic rings. The quantitative estimate of drug-likeness (QED) is 0.385. The third kappa shape index (κ3) is 7.00. The number of benzene rings is 3. The molecule has 2 saturated heterocycles. The molecule has 0 radical (unpaired) electrons. The molecule has 0 aliphatic carbocycles. The molecule has 3 aromatic rings. The summed E-state index contributed by atoms with van der Waals surface area (Å²) >= 11 is 0. The van der Waals surface area contributed by atoms with E-state index in [2.05, 4.69) is 24.3 Å². The van der Waals surface area contributed by atoms with E-state index in [0.29, 0.717) is 19.3 Å². The van der Waals surface area contributed by atoms with Crippen LogP contribution in [0.4, 0.5) is 4.79 Å². The summed E-state index contributed by atoms with van der Waals surface area (Å²) in [5, 5.41) is 22.2. The molecule has 0 aromatic heterocycles. The summed E-state index contributed by atoms with van der Waals surface area (Å²) in [7, 11) is 0. The van der Waals surface area contributed by atoms with Crippen molar-refractivity contribution in [3.63, 3.8) is 0 Å². The summed E-state index contributed by atoms with van der Waals surface area (Å²) in [6, 6.07) is 29.9. The van der Waals surface area contributed by atoms with Gasteiger partial charge in [0.2, 0.25) is 0 Å². The van der Waals surface area contributed by atoms with Crippen LogP contribution in [0, 0.1) is 11.8 Å². The Balaban J connectivity index is 1.56. The highest BCUT2D eigenvalue weighted by atomic mass is 16.6. The zero-order valence-electron chi connectivity index (χ0n) is 24.3. The number of aliphatic hydroxyl groups is 2. The van der Waals surface area contributed by atoms with Gasteiger partial charge in [-0.05, 0) is 68.6 Å². The minimum atomic E-state index is -0.728. The highest BCUT2D eigenvalue weighted by molar-refractivity contribution is 5.70. The monoisotopic (exact) mass is 557 g/mol. The van der Waals surface area contributed by atoms with Crippen molar-refractivity contribution < 1.29 is 24.5 Å². The van der Waals surface area contributed by atoms with Gasteiger partial charge in [0.1, 0.15) is 5.60 Å². The third-order valence-corrected chi connectivity index (χ3v) is 8.45. The van der Waals surface area contributed by atoms with Crippen LogP contribution in [-0.2, 0) is 28.7 Å². The Kier molecular flexibility index (Phi) is 9.12. The van der Waals surface area contributed by atoms with Crippen LogP contribution >= 0.6 is 0 Å². The third-order valence-electron chi connectivity index (χ3n) is 8.45. The molecule has 2 fully saturated rings. The Bertz CT molecular complexity index is 1250. The number of carbonyl (C=O) groups excluding carboxylic acids is 1. The first-order valence-electron chi connectivity index (χ1n) is 14.8. The number of hydrogen-bond donors (Lipinski definition) is 2. The van der Waals surface area contributed by atoms with Crippen LogP contribution in [0.25, 0.3) is 0 Å². The molecule has 6 nitrogen and oxygen atoms in total. The molecule has 2 heterocycles. The second-order valence-corrected chi connectivity index (χ2v) is 12.6. The molecule has 0 saturated carbocycles. The Labute approximate surface area is 243 Å². The second-order valence-electron chi connectivity index (χ2n) is 12.6. The van der Waals surface area contributed by atoms with Crippen LogP contribution in [0.5, 0.6) is 0 Å². The summed E-state index contributed by atoms with van der Waals surface area (Å²) in [6.45, 7) is 5.41. The second kappa shape index (κ2) is 12.8. The summed E-state index contributed by atoms with van der Waals surface area (Å²) in [5.41, 5.74) is 2.72. The van der Waals surface area contributed by atoms with Crippen molar-refractivity contribution in [3.05, 3.63) is 108 Å². The smallest absolute Gasteiger partial charge is 0.410 e. The lowest BCUT2D eigenvalue weighted by molar-refractivity contribution is -0.168. The van der Waals surface area contributed by atoms with Gasteiger partial charge < -0.3 is 19.7 Å². The molecule has 41 heavy (non-hydrogen) atoms. The van der Waals surface area contributed by atoms with Gasteiger partial charge in [-0.15, -0.1) is 0 Å². The number of nitrogens with zero attached hydrogens (tertiary/aromatic N) is 1. The first kappa shape index (κ1) is 29.3. The van der Waals surface area contributed by atoms with Crippen molar-refractivity contribution in [3.8, 4) is 0 Å². The van der Waals surface area contributed by atoms with E-state index < -0.39 is 29.9 Å². The highest BCUT2D eigenvalue weighted by Gasteiger charge is 2.56. The van der Waals surface area contributed by atoms with E-state index in [-0.39, 0.29) is 30.6 Å². The number of hydrogen-bond acceptors (Lipinski definition) is 5. The minimum absolute atomic E-state index is 0.0316. The van der Waals surface area contributed by atoms with Crippen LogP contribution in [0.2, 0.25) is 0 Å². The van der Waals surface area contributed by atoms with E-state index in [1.807, 2.05) is 87.5 Å². The van der Waals surface area contributed by atoms with Crippen LogP contribution in [0.15, 0.2) is 91.0 Å². The van der Waals surface area contributed by atoms with Crippen LogP contribution in [-0.4, -0.2) is 63.8 Å². The number of likely N-dealkylation sites (tertiary alicyclic amines) is 1.